The van der Waals surface area contributed by atoms with Crippen molar-refractivity contribution in [3.63, 3.8) is 0 Å². The molecule has 1 aromatic rings. The van der Waals surface area contributed by atoms with Crippen LogP contribution in [0.15, 0.2) is 6.20 Å². The number of hydrogen-bond donors (Lipinski definition) is 0. The van der Waals surface area contributed by atoms with Crippen LogP contribution in [-0.2, 0) is 28.2 Å². The van der Waals surface area contributed by atoms with Crippen molar-refractivity contribution in [3.8, 4) is 0 Å². The molecule has 2 aliphatic heterocycles. The van der Waals surface area contributed by atoms with E-state index in [9.17, 15) is 4.79 Å². The number of carbonyl (C=O) groups excluding carboxylic acids is 1. The Kier molecular flexibility index (Phi) is 4.17. The second-order valence-electron chi connectivity index (χ2n) is 6.39. The molecule has 2 aliphatic rings. The molecular weight excluding hydrogens is 278 g/mol. The standard InChI is InChI=1S/C17H25N3O2/c1-4-7-15-18-8-13-14(19-15)9-22-17(13)10-20(11-17)16(21)12(5-2)6-3/h8,12H,4-7,9-11H2,1-3H3. The first-order chi connectivity index (χ1) is 10.6. The highest BCUT2D eigenvalue weighted by Crippen LogP contribution is 2.43. The minimum absolute atomic E-state index is 0.140. The van der Waals surface area contributed by atoms with Crippen molar-refractivity contribution in [1.29, 1.82) is 0 Å². The molecule has 0 N–H and O–H groups in total. The quantitative estimate of drug-likeness (QED) is 0.838. The van der Waals surface area contributed by atoms with E-state index in [0.29, 0.717) is 19.7 Å². The zero-order valence-electron chi connectivity index (χ0n) is 13.8. The van der Waals surface area contributed by atoms with E-state index in [1.807, 2.05) is 11.1 Å². The van der Waals surface area contributed by atoms with Crippen LogP contribution in [0.25, 0.3) is 0 Å². The number of aromatic nitrogens is 2. The topological polar surface area (TPSA) is 55.3 Å². The van der Waals surface area contributed by atoms with Crippen LogP contribution in [0.5, 0.6) is 0 Å². The number of likely N-dealkylation sites (tertiary alicyclic amines) is 1. The van der Waals surface area contributed by atoms with Crippen molar-refractivity contribution in [2.24, 2.45) is 5.92 Å². The third kappa shape index (κ3) is 2.41. The van der Waals surface area contributed by atoms with Crippen molar-refractivity contribution in [2.45, 2.75) is 58.7 Å². The molecule has 1 aromatic heterocycles. The summed E-state index contributed by atoms with van der Waals surface area (Å²) < 4.78 is 6.01. The van der Waals surface area contributed by atoms with Gasteiger partial charge in [-0.2, -0.15) is 0 Å². The van der Waals surface area contributed by atoms with Crippen LogP contribution in [0.2, 0.25) is 0 Å². The van der Waals surface area contributed by atoms with Gasteiger partial charge in [-0.15, -0.1) is 0 Å². The highest BCUT2D eigenvalue weighted by Gasteiger charge is 2.53. The van der Waals surface area contributed by atoms with E-state index in [0.717, 1.165) is 42.8 Å². The summed E-state index contributed by atoms with van der Waals surface area (Å²) in [7, 11) is 0. The molecular formula is C17H25N3O2. The molecule has 5 heteroatoms. The number of amides is 1. The lowest BCUT2D eigenvalue weighted by Crippen LogP contribution is -2.62. The number of ether oxygens (including phenoxy) is 1. The number of aryl methyl sites for hydroxylation is 1. The summed E-state index contributed by atoms with van der Waals surface area (Å²) in [4.78, 5) is 23.4. The Morgan fingerprint density at radius 2 is 2.09 bits per heavy atom. The lowest BCUT2D eigenvalue weighted by Gasteiger charge is -2.48. The highest BCUT2D eigenvalue weighted by molar-refractivity contribution is 5.80. The monoisotopic (exact) mass is 303 g/mol. The largest absolute Gasteiger partial charge is 0.360 e. The van der Waals surface area contributed by atoms with Gasteiger partial charge in [0.15, 0.2) is 0 Å². The van der Waals surface area contributed by atoms with Gasteiger partial charge in [0, 0.05) is 24.1 Å². The molecule has 0 atom stereocenters. The highest BCUT2D eigenvalue weighted by atomic mass is 16.5. The van der Waals surface area contributed by atoms with Crippen LogP contribution in [0.4, 0.5) is 0 Å². The summed E-state index contributed by atoms with van der Waals surface area (Å²) in [5, 5.41) is 0. The van der Waals surface area contributed by atoms with Crippen LogP contribution < -0.4 is 0 Å². The fourth-order valence-electron chi connectivity index (χ4n) is 3.46. The average molecular weight is 303 g/mol. The maximum Gasteiger partial charge on any atom is 0.225 e. The molecule has 3 rings (SSSR count). The first-order valence-corrected chi connectivity index (χ1v) is 8.41. The smallest absolute Gasteiger partial charge is 0.225 e. The molecule has 1 fully saturated rings. The second-order valence-corrected chi connectivity index (χ2v) is 6.39. The second kappa shape index (κ2) is 5.95. The Morgan fingerprint density at radius 3 is 2.73 bits per heavy atom. The molecule has 3 heterocycles. The number of fused-ring (bicyclic) bond motifs is 2. The van der Waals surface area contributed by atoms with Gasteiger partial charge >= 0.3 is 0 Å². The van der Waals surface area contributed by atoms with Gasteiger partial charge in [0.05, 0.1) is 25.4 Å². The first-order valence-electron chi connectivity index (χ1n) is 8.41. The third-order valence-corrected chi connectivity index (χ3v) is 4.91. The van der Waals surface area contributed by atoms with Gasteiger partial charge in [0.1, 0.15) is 11.4 Å². The van der Waals surface area contributed by atoms with E-state index in [1.54, 1.807) is 0 Å². The number of rotatable bonds is 5. The fourth-order valence-corrected chi connectivity index (χ4v) is 3.46. The zero-order valence-corrected chi connectivity index (χ0v) is 13.8. The van der Waals surface area contributed by atoms with Gasteiger partial charge < -0.3 is 9.64 Å². The van der Waals surface area contributed by atoms with Crippen LogP contribution >= 0.6 is 0 Å². The Labute approximate surface area is 132 Å². The van der Waals surface area contributed by atoms with Crippen LogP contribution in [0, 0.1) is 5.92 Å². The Hall–Kier alpha value is -1.49. The summed E-state index contributed by atoms with van der Waals surface area (Å²) in [6.45, 7) is 8.11. The number of hydrogen-bond acceptors (Lipinski definition) is 4. The molecule has 0 bridgehead atoms. The zero-order chi connectivity index (χ0) is 15.7. The number of nitrogens with zero attached hydrogens (tertiary/aromatic N) is 3. The van der Waals surface area contributed by atoms with Crippen LogP contribution in [0.3, 0.4) is 0 Å². The van der Waals surface area contributed by atoms with Crippen molar-refractivity contribution in [3.05, 3.63) is 23.3 Å². The van der Waals surface area contributed by atoms with Gasteiger partial charge in [-0.05, 0) is 19.3 Å². The Morgan fingerprint density at radius 1 is 1.36 bits per heavy atom. The van der Waals surface area contributed by atoms with Crippen molar-refractivity contribution < 1.29 is 9.53 Å². The van der Waals surface area contributed by atoms with Gasteiger partial charge in [-0.3, -0.25) is 4.79 Å². The molecule has 22 heavy (non-hydrogen) atoms. The summed E-state index contributed by atoms with van der Waals surface area (Å²) in [5.74, 6) is 1.30. The summed E-state index contributed by atoms with van der Waals surface area (Å²) in [6, 6.07) is 0. The minimum atomic E-state index is -0.345. The predicted molar refractivity (Wildman–Crippen MR) is 83.1 cm³/mol. The molecule has 0 aromatic carbocycles. The third-order valence-electron chi connectivity index (χ3n) is 4.91. The van der Waals surface area contributed by atoms with E-state index < -0.39 is 0 Å². The first kappa shape index (κ1) is 15.4. The molecule has 0 radical (unpaired) electrons. The van der Waals surface area contributed by atoms with Crippen LogP contribution in [0.1, 0.15) is 57.1 Å². The maximum atomic E-state index is 12.4. The minimum Gasteiger partial charge on any atom is -0.360 e. The van der Waals surface area contributed by atoms with Gasteiger partial charge in [0.25, 0.3) is 0 Å². The van der Waals surface area contributed by atoms with E-state index in [4.69, 9.17) is 4.74 Å². The van der Waals surface area contributed by atoms with E-state index in [2.05, 4.69) is 30.7 Å². The predicted octanol–water partition coefficient (Wildman–Crippen LogP) is 2.43. The molecule has 0 aliphatic carbocycles. The molecule has 1 amide bonds. The van der Waals surface area contributed by atoms with Gasteiger partial charge in [0.2, 0.25) is 5.91 Å². The average Bonchev–Trinajstić information content (AvgIpc) is 2.86. The van der Waals surface area contributed by atoms with Crippen molar-refractivity contribution >= 4 is 5.91 Å². The van der Waals surface area contributed by atoms with E-state index in [-0.39, 0.29) is 17.4 Å². The van der Waals surface area contributed by atoms with Gasteiger partial charge in [-0.1, -0.05) is 20.8 Å². The van der Waals surface area contributed by atoms with E-state index >= 15 is 0 Å². The lowest BCUT2D eigenvalue weighted by atomic mass is 9.86. The molecule has 0 unspecified atom stereocenters. The maximum absolute atomic E-state index is 12.4. The summed E-state index contributed by atoms with van der Waals surface area (Å²) >= 11 is 0. The number of carbonyl (C=O) groups is 1. The Bertz CT molecular complexity index is 563. The summed E-state index contributed by atoms with van der Waals surface area (Å²) in [6.07, 6.45) is 5.67. The molecule has 0 saturated carbocycles. The lowest BCUT2D eigenvalue weighted by molar-refractivity contribution is -0.172. The summed E-state index contributed by atoms with van der Waals surface area (Å²) in [5.41, 5.74) is 1.75. The SMILES string of the molecule is CCCc1ncc2c(n1)COC21CN(C(=O)C(CC)CC)C1. The van der Waals surface area contributed by atoms with E-state index in [1.165, 1.54) is 0 Å². The van der Waals surface area contributed by atoms with Gasteiger partial charge in [-0.25, -0.2) is 9.97 Å². The van der Waals surface area contributed by atoms with Crippen molar-refractivity contribution in [2.75, 3.05) is 13.1 Å². The molecule has 5 nitrogen and oxygen atoms in total. The normalized spacial score (nSPS) is 18.6. The molecule has 1 spiro atoms. The fraction of sp³-hybridized carbons (Fsp3) is 0.706. The van der Waals surface area contributed by atoms with Crippen molar-refractivity contribution in [1.82, 2.24) is 14.9 Å². The Balaban J connectivity index is 1.71. The molecule has 120 valence electrons. The van der Waals surface area contributed by atoms with Crippen LogP contribution in [-0.4, -0.2) is 33.9 Å². The molecule has 1 saturated heterocycles.